The zero-order chi connectivity index (χ0) is 12.5. The van der Waals surface area contributed by atoms with Crippen molar-refractivity contribution in [1.82, 2.24) is 19.9 Å². The molecule has 0 bridgehead atoms. The molecule has 0 aliphatic carbocycles. The number of aromatic nitrogens is 4. The van der Waals surface area contributed by atoms with Crippen molar-refractivity contribution >= 4 is 46.0 Å². The highest BCUT2D eigenvalue weighted by molar-refractivity contribution is 6.42. The van der Waals surface area contributed by atoms with Crippen molar-refractivity contribution < 1.29 is 0 Å². The van der Waals surface area contributed by atoms with E-state index in [0.717, 1.165) is 11.2 Å². The Morgan fingerprint density at radius 1 is 1.11 bits per heavy atom. The van der Waals surface area contributed by atoms with Gasteiger partial charge in [-0.3, -0.25) is 0 Å². The fraction of sp³-hybridized carbons (Fsp3) is 0. The fourth-order valence-corrected chi connectivity index (χ4v) is 1.80. The SMILES string of the molecule is Clc1ccc(Nc2ncc3[nH]cnc3n2)cc1Cl. The number of imidazole rings is 1. The lowest BCUT2D eigenvalue weighted by Crippen LogP contribution is -1.96. The Labute approximate surface area is 112 Å². The minimum Gasteiger partial charge on any atom is -0.342 e. The van der Waals surface area contributed by atoms with E-state index in [1.165, 1.54) is 0 Å². The third kappa shape index (κ3) is 2.10. The first kappa shape index (κ1) is 11.3. The van der Waals surface area contributed by atoms with Gasteiger partial charge in [-0.15, -0.1) is 0 Å². The average Bonchev–Trinajstić information content (AvgIpc) is 2.81. The number of nitrogens with one attached hydrogen (secondary N) is 2. The molecule has 18 heavy (non-hydrogen) atoms. The largest absolute Gasteiger partial charge is 0.342 e. The van der Waals surface area contributed by atoms with Gasteiger partial charge in [-0.25, -0.2) is 9.97 Å². The van der Waals surface area contributed by atoms with Crippen molar-refractivity contribution in [3.63, 3.8) is 0 Å². The van der Waals surface area contributed by atoms with E-state index >= 15 is 0 Å². The Kier molecular flexibility index (Phi) is 2.77. The first-order valence-corrected chi connectivity index (χ1v) is 5.86. The van der Waals surface area contributed by atoms with Crippen LogP contribution in [0.4, 0.5) is 11.6 Å². The van der Waals surface area contributed by atoms with Gasteiger partial charge in [0.1, 0.15) is 5.52 Å². The van der Waals surface area contributed by atoms with Crippen LogP contribution in [-0.4, -0.2) is 19.9 Å². The van der Waals surface area contributed by atoms with Gasteiger partial charge in [0.15, 0.2) is 5.65 Å². The Bertz CT molecular complexity index is 709. The molecule has 7 heteroatoms. The van der Waals surface area contributed by atoms with Crippen LogP contribution in [0.2, 0.25) is 10.0 Å². The van der Waals surface area contributed by atoms with Crippen LogP contribution in [0.5, 0.6) is 0 Å². The lowest BCUT2D eigenvalue weighted by atomic mass is 10.3. The van der Waals surface area contributed by atoms with Crippen molar-refractivity contribution in [1.29, 1.82) is 0 Å². The second-order valence-corrected chi connectivity index (χ2v) is 4.40. The van der Waals surface area contributed by atoms with Gasteiger partial charge in [0, 0.05) is 5.69 Å². The molecular formula is C11H7Cl2N5. The Morgan fingerprint density at radius 2 is 2.00 bits per heavy atom. The number of rotatable bonds is 2. The van der Waals surface area contributed by atoms with E-state index in [9.17, 15) is 0 Å². The summed E-state index contributed by atoms with van der Waals surface area (Å²) in [7, 11) is 0. The summed E-state index contributed by atoms with van der Waals surface area (Å²) in [6.45, 7) is 0. The highest BCUT2D eigenvalue weighted by Crippen LogP contribution is 2.26. The molecule has 5 nitrogen and oxygen atoms in total. The molecule has 2 aromatic heterocycles. The van der Waals surface area contributed by atoms with Crippen LogP contribution >= 0.6 is 23.2 Å². The minimum atomic E-state index is 0.452. The van der Waals surface area contributed by atoms with Gasteiger partial charge in [-0.1, -0.05) is 23.2 Å². The van der Waals surface area contributed by atoms with E-state index in [4.69, 9.17) is 23.2 Å². The minimum absolute atomic E-state index is 0.452. The van der Waals surface area contributed by atoms with Gasteiger partial charge in [-0.2, -0.15) is 4.98 Å². The molecule has 0 aliphatic heterocycles. The Morgan fingerprint density at radius 3 is 2.83 bits per heavy atom. The van der Waals surface area contributed by atoms with Crippen molar-refractivity contribution in [2.24, 2.45) is 0 Å². The molecule has 0 spiro atoms. The number of benzene rings is 1. The van der Waals surface area contributed by atoms with E-state index in [1.807, 2.05) is 0 Å². The summed E-state index contributed by atoms with van der Waals surface area (Å²) >= 11 is 11.8. The molecule has 0 aliphatic rings. The van der Waals surface area contributed by atoms with Crippen LogP contribution in [0.15, 0.2) is 30.7 Å². The molecule has 2 N–H and O–H groups in total. The molecule has 1 aromatic carbocycles. The molecule has 2 heterocycles. The van der Waals surface area contributed by atoms with Crippen LogP contribution in [0.1, 0.15) is 0 Å². The second kappa shape index (κ2) is 4.44. The molecule has 3 aromatic rings. The first-order valence-electron chi connectivity index (χ1n) is 5.10. The topological polar surface area (TPSA) is 66.5 Å². The summed E-state index contributed by atoms with van der Waals surface area (Å²) in [6, 6.07) is 5.22. The average molecular weight is 280 g/mol. The van der Waals surface area contributed by atoms with Gasteiger partial charge in [0.25, 0.3) is 0 Å². The predicted molar refractivity (Wildman–Crippen MR) is 71.4 cm³/mol. The number of H-pyrrole nitrogens is 1. The third-order valence-electron chi connectivity index (χ3n) is 2.35. The third-order valence-corrected chi connectivity index (χ3v) is 3.09. The highest BCUT2D eigenvalue weighted by Gasteiger charge is 2.04. The summed E-state index contributed by atoms with van der Waals surface area (Å²) < 4.78 is 0. The lowest BCUT2D eigenvalue weighted by Gasteiger charge is -2.05. The first-order chi connectivity index (χ1) is 8.72. The predicted octanol–water partition coefficient (Wildman–Crippen LogP) is 3.40. The standard InChI is InChI=1S/C11H7Cl2N5/c12-7-2-1-6(3-8(7)13)17-11-14-4-9-10(18-11)16-5-15-9/h1-5H,(H2,14,15,16,17,18). The summed E-state index contributed by atoms with van der Waals surface area (Å²) in [5.41, 5.74) is 2.15. The summed E-state index contributed by atoms with van der Waals surface area (Å²) in [6.07, 6.45) is 3.23. The molecule has 0 atom stereocenters. The highest BCUT2D eigenvalue weighted by atomic mass is 35.5. The van der Waals surface area contributed by atoms with Crippen molar-refractivity contribution in [3.05, 3.63) is 40.8 Å². The normalized spacial score (nSPS) is 10.8. The summed E-state index contributed by atoms with van der Waals surface area (Å²) in [5.74, 6) is 0.452. The van der Waals surface area contributed by atoms with Crippen LogP contribution in [0.3, 0.4) is 0 Å². The van der Waals surface area contributed by atoms with Gasteiger partial charge in [0.2, 0.25) is 5.95 Å². The fourth-order valence-electron chi connectivity index (χ4n) is 1.50. The Balaban J connectivity index is 1.92. The van der Waals surface area contributed by atoms with E-state index in [-0.39, 0.29) is 0 Å². The zero-order valence-corrected chi connectivity index (χ0v) is 10.5. The lowest BCUT2D eigenvalue weighted by molar-refractivity contribution is 1.19. The Hall–Kier alpha value is -1.85. The van der Waals surface area contributed by atoms with Crippen LogP contribution in [0, 0.1) is 0 Å². The zero-order valence-electron chi connectivity index (χ0n) is 8.98. The molecule has 0 fully saturated rings. The number of aromatic amines is 1. The van der Waals surface area contributed by atoms with E-state index in [2.05, 4.69) is 25.3 Å². The number of anilines is 2. The second-order valence-electron chi connectivity index (χ2n) is 3.59. The molecule has 0 unspecified atom stereocenters. The molecule has 0 saturated carbocycles. The summed E-state index contributed by atoms with van der Waals surface area (Å²) in [5, 5.41) is 4.01. The smallest absolute Gasteiger partial charge is 0.229 e. The number of nitrogens with zero attached hydrogens (tertiary/aromatic N) is 3. The van der Waals surface area contributed by atoms with Gasteiger partial charge < -0.3 is 10.3 Å². The van der Waals surface area contributed by atoms with E-state index < -0.39 is 0 Å². The number of fused-ring (bicyclic) bond motifs is 1. The molecule has 0 amide bonds. The van der Waals surface area contributed by atoms with Gasteiger partial charge in [0.05, 0.1) is 22.6 Å². The molecular weight excluding hydrogens is 273 g/mol. The number of hydrogen-bond donors (Lipinski definition) is 2. The molecule has 0 radical (unpaired) electrons. The number of halogens is 2. The monoisotopic (exact) mass is 279 g/mol. The van der Waals surface area contributed by atoms with Crippen molar-refractivity contribution in [2.75, 3.05) is 5.32 Å². The molecule has 3 rings (SSSR count). The van der Waals surface area contributed by atoms with Gasteiger partial charge in [-0.05, 0) is 18.2 Å². The van der Waals surface area contributed by atoms with Crippen LogP contribution in [-0.2, 0) is 0 Å². The quantitative estimate of drug-likeness (QED) is 0.755. The van der Waals surface area contributed by atoms with Crippen molar-refractivity contribution in [2.45, 2.75) is 0 Å². The molecule has 0 saturated heterocycles. The molecule has 90 valence electrons. The maximum atomic E-state index is 5.93. The summed E-state index contributed by atoms with van der Waals surface area (Å²) in [4.78, 5) is 15.4. The maximum absolute atomic E-state index is 5.93. The maximum Gasteiger partial charge on any atom is 0.229 e. The van der Waals surface area contributed by atoms with Crippen LogP contribution < -0.4 is 5.32 Å². The van der Waals surface area contributed by atoms with Gasteiger partial charge >= 0.3 is 0 Å². The van der Waals surface area contributed by atoms with Crippen LogP contribution in [0.25, 0.3) is 11.2 Å². The number of hydrogen-bond acceptors (Lipinski definition) is 4. The van der Waals surface area contributed by atoms with Crippen molar-refractivity contribution in [3.8, 4) is 0 Å². The van der Waals surface area contributed by atoms with E-state index in [0.29, 0.717) is 21.6 Å². The van der Waals surface area contributed by atoms with E-state index in [1.54, 1.807) is 30.7 Å².